The molecule has 0 amide bonds. The van der Waals surface area contributed by atoms with E-state index in [0.717, 1.165) is 31.1 Å². The summed E-state index contributed by atoms with van der Waals surface area (Å²) in [6.45, 7) is 7.87. The van der Waals surface area contributed by atoms with Crippen molar-refractivity contribution in [2.45, 2.75) is 57.1 Å². The Bertz CT molecular complexity index is 539. The molecule has 2 aromatic rings. The van der Waals surface area contributed by atoms with Gasteiger partial charge in [0.1, 0.15) is 0 Å². The van der Waals surface area contributed by atoms with Crippen molar-refractivity contribution < 1.29 is 4.52 Å². The fraction of sp³-hybridized carbons (Fsp3) is 0.750. The maximum absolute atomic E-state index is 5.15. The lowest BCUT2D eigenvalue weighted by molar-refractivity contribution is 0.373. The van der Waals surface area contributed by atoms with Crippen molar-refractivity contribution in [2.75, 3.05) is 6.54 Å². The molecule has 0 aliphatic carbocycles. The molecule has 0 saturated carbocycles. The summed E-state index contributed by atoms with van der Waals surface area (Å²) in [6.07, 6.45) is 1.81. The summed E-state index contributed by atoms with van der Waals surface area (Å²) in [7, 11) is 0. The Kier molecular flexibility index (Phi) is 6.12. The molecule has 2 rings (SSSR count). The zero-order chi connectivity index (χ0) is 15.1. The van der Waals surface area contributed by atoms with Gasteiger partial charge in [0.2, 0.25) is 11.0 Å². The fourth-order valence-corrected chi connectivity index (χ4v) is 2.44. The molecule has 0 radical (unpaired) electrons. The van der Waals surface area contributed by atoms with E-state index in [1.165, 1.54) is 11.8 Å². The van der Waals surface area contributed by atoms with E-state index in [0.29, 0.717) is 23.5 Å². The van der Waals surface area contributed by atoms with Crippen LogP contribution >= 0.6 is 11.8 Å². The van der Waals surface area contributed by atoms with Gasteiger partial charge < -0.3 is 9.84 Å². The van der Waals surface area contributed by atoms with Crippen molar-refractivity contribution in [3.63, 3.8) is 0 Å². The Labute approximate surface area is 128 Å². The number of aryl methyl sites for hydroxylation is 1. The molecule has 0 bridgehead atoms. The molecule has 1 N–H and O–H groups in total. The predicted octanol–water partition coefficient (Wildman–Crippen LogP) is 1.30. The summed E-state index contributed by atoms with van der Waals surface area (Å²) in [5, 5.41) is 19.8. The molecule has 0 atom stereocenters. The average molecular weight is 311 g/mol. The van der Waals surface area contributed by atoms with E-state index in [1.807, 2.05) is 0 Å². The SMILES string of the molecule is CCCc1nc(CSc2nnnn2CCNC(C)C)no1. The quantitative estimate of drug-likeness (QED) is 0.692. The standard InChI is InChI=1S/C12H21N7OS/c1-4-5-11-14-10(16-20-11)8-21-12-15-17-18-19(12)7-6-13-9(2)3/h9,13H,4-8H2,1-3H3. The van der Waals surface area contributed by atoms with Gasteiger partial charge in [-0.05, 0) is 16.8 Å². The first-order chi connectivity index (χ1) is 10.2. The van der Waals surface area contributed by atoms with Gasteiger partial charge in [-0.3, -0.25) is 0 Å². The molecule has 0 fully saturated rings. The number of nitrogens with one attached hydrogen (secondary N) is 1. The van der Waals surface area contributed by atoms with Gasteiger partial charge in [0.25, 0.3) is 0 Å². The molecular weight excluding hydrogens is 290 g/mol. The van der Waals surface area contributed by atoms with Crippen molar-refractivity contribution >= 4 is 11.8 Å². The maximum atomic E-state index is 5.15. The van der Waals surface area contributed by atoms with Crippen molar-refractivity contribution in [2.24, 2.45) is 0 Å². The Morgan fingerprint density at radius 3 is 3.00 bits per heavy atom. The molecule has 0 spiro atoms. The second-order valence-corrected chi connectivity index (χ2v) is 5.88. The fourth-order valence-electron chi connectivity index (χ4n) is 1.69. The molecule has 0 saturated heterocycles. The second kappa shape index (κ2) is 8.08. The summed E-state index contributed by atoms with van der Waals surface area (Å²) in [6, 6.07) is 0.453. The van der Waals surface area contributed by atoms with Crippen molar-refractivity contribution in [3.8, 4) is 0 Å². The Morgan fingerprint density at radius 1 is 1.38 bits per heavy atom. The van der Waals surface area contributed by atoms with E-state index in [-0.39, 0.29) is 0 Å². The van der Waals surface area contributed by atoms with Crippen LogP contribution in [0.25, 0.3) is 0 Å². The monoisotopic (exact) mass is 311 g/mol. The van der Waals surface area contributed by atoms with Crippen LogP contribution in [0.5, 0.6) is 0 Å². The van der Waals surface area contributed by atoms with Crippen LogP contribution in [0, 0.1) is 0 Å². The third kappa shape index (κ3) is 5.09. The average Bonchev–Trinajstić information content (AvgIpc) is 3.06. The Hall–Kier alpha value is -1.48. The molecule has 0 unspecified atom stereocenters. The number of thioether (sulfide) groups is 1. The third-order valence-corrected chi connectivity index (χ3v) is 3.63. The van der Waals surface area contributed by atoms with Crippen LogP contribution in [0.1, 0.15) is 38.9 Å². The molecule has 2 aromatic heterocycles. The van der Waals surface area contributed by atoms with Gasteiger partial charge in [-0.15, -0.1) is 5.10 Å². The van der Waals surface area contributed by atoms with Crippen LogP contribution in [0.3, 0.4) is 0 Å². The number of nitrogens with zero attached hydrogens (tertiary/aromatic N) is 6. The lowest BCUT2D eigenvalue weighted by Gasteiger charge is -2.08. The predicted molar refractivity (Wildman–Crippen MR) is 78.8 cm³/mol. The summed E-state index contributed by atoms with van der Waals surface area (Å²) < 4.78 is 6.94. The first kappa shape index (κ1) is 15.9. The first-order valence-corrected chi connectivity index (χ1v) is 8.11. The highest BCUT2D eigenvalue weighted by molar-refractivity contribution is 7.98. The normalized spacial score (nSPS) is 11.4. The zero-order valence-corrected chi connectivity index (χ0v) is 13.4. The van der Waals surface area contributed by atoms with Gasteiger partial charge in [-0.25, -0.2) is 4.68 Å². The van der Waals surface area contributed by atoms with Crippen LogP contribution in [-0.2, 0) is 18.7 Å². The summed E-state index contributed by atoms with van der Waals surface area (Å²) in [5.74, 6) is 1.97. The molecule has 8 nitrogen and oxygen atoms in total. The van der Waals surface area contributed by atoms with Gasteiger partial charge >= 0.3 is 0 Å². The van der Waals surface area contributed by atoms with E-state index in [1.54, 1.807) is 4.68 Å². The highest BCUT2D eigenvalue weighted by Crippen LogP contribution is 2.18. The van der Waals surface area contributed by atoms with Gasteiger partial charge in [-0.1, -0.05) is 37.7 Å². The minimum absolute atomic E-state index is 0.453. The van der Waals surface area contributed by atoms with Gasteiger partial charge in [0, 0.05) is 19.0 Å². The second-order valence-electron chi connectivity index (χ2n) is 4.94. The van der Waals surface area contributed by atoms with E-state index in [4.69, 9.17) is 4.52 Å². The summed E-state index contributed by atoms with van der Waals surface area (Å²) >= 11 is 1.51. The van der Waals surface area contributed by atoms with Crippen LogP contribution in [0.15, 0.2) is 9.68 Å². The minimum Gasteiger partial charge on any atom is -0.339 e. The number of aromatic nitrogens is 6. The molecule has 0 aliphatic heterocycles. The van der Waals surface area contributed by atoms with Crippen LogP contribution in [0.2, 0.25) is 0 Å². The third-order valence-electron chi connectivity index (χ3n) is 2.68. The molecule has 2 heterocycles. The van der Waals surface area contributed by atoms with E-state index >= 15 is 0 Å². The van der Waals surface area contributed by atoms with Crippen LogP contribution in [-0.4, -0.2) is 42.9 Å². The topological polar surface area (TPSA) is 94.5 Å². The first-order valence-electron chi connectivity index (χ1n) is 7.12. The Balaban J connectivity index is 1.83. The highest BCUT2D eigenvalue weighted by Gasteiger charge is 2.10. The summed E-state index contributed by atoms with van der Waals surface area (Å²) in [4.78, 5) is 4.33. The largest absolute Gasteiger partial charge is 0.339 e. The lowest BCUT2D eigenvalue weighted by Crippen LogP contribution is -2.27. The minimum atomic E-state index is 0.453. The molecular formula is C12H21N7OS. The molecule has 0 aliphatic rings. The summed E-state index contributed by atoms with van der Waals surface area (Å²) in [5.41, 5.74) is 0. The van der Waals surface area contributed by atoms with E-state index in [9.17, 15) is 0 Å². The smallest absolute Gasteiger partial charge is 0.226 e. The number of hydrogen-bond acceptors (Lipinski definition) is 8. The van der Waals surface area contributed by atoms with Crippen molar-refractivity contribution in [1.29, 1.82) is 0 Å². The number of hydrogen-bond donors (Lipinski definition) is 1. The van der Waals surface area contributed by atoms with Crippen molar-refractivity contribution in [1.82, 2.24) is 35.7 Å². The highest BCUT2D eigenvalue weighted by atomic mass is 32.2. The van der Waals surface area contributed by atoms with Crippen molar-refractivity contribution in [3.05, 3.63) is 11.7 Å². The molecule has 116 valence electrons. The lowest BCUT2D eigenvalue weighted by atomic mass is 10.3. The number of tetrazole rings is 1. The van der Waals surface area contributed by atoms with Gasteiger partial charge in [-0.2, -0.15) is 4.98 Å². The molecule has 21 heavy (non-hydrogen) atoms. The Morgan fingerprint density at radius 2 is 2.24 bits per heavy atom. The van der Waals surface area contributed by atoms with E-state index in [2.05, 4.69) is 51.8 Å². The van der Waals surface area contributed by atoms with Gasteiger partial charge in [0.05, 0.1) is 12.3 Å². The number of rotatable bonds is 9. The van der Waals surface area contributed by atoms with Gasteiger partial charge in [0.15, 0.2) is 5.82 Å². The van der Waals surface area contributed by atoms with E-state index < -0.39 is 0 Å². The molecule has 0 aromatic carbocycles. The maximum Gasteiger partial charge on any atom is 0.226 e. The van der Waals surface area contributed by atoms with Crippen LogP contribution < -0.4 is 5.32 Å². The zero-order valence-electron chi connectivity index (χ0n) is 12.6. The van der Waals surface area contributed by atoms with Crippen LogP contribution in [0.4, 0.5) is 0 Å². The molecule has 9 heteroatoms.